The zero-order valence-corrected chi connectivity index (χ0v) is 10.2. The lowest BCUT2D eigenvalue weighted by Gasteiger charge is -2.05. The van der Waals surface area contributed by atoms with Crippen molar-refractivity contribution >= 4 is 17.4 Å². The molecule has 0 aliphatic carbocycles. The minimum absolute atomic E-state index is 0.0240. The molecule has 0 spiro atoms. The van der Waals surface area contributed by atoms with Crippen LogP contribution in [0, 0.1) is 0 Å². The van der Waals surface area contributed by atoms with E-state index in [0.717, 1.165) is 0 Å². The van der Waals surface area contributed by atoms with Crippen molar-refractivity contribution in [3.05, 3.63) is 6.20 Å². The number of ether oxygens (including phenoxy) is 1. The fraction of sp³-hybridized carbons (Fsp3) is 0.600. The molecule has 0 saturated heterocycles. The van der Waals surface area contributed by atoms with Crippen molar-refractivity contribution in [1.29, 1.82) is 0 Å². The van der Waals surface area contributed by atoms with Gasteiger partial charge in [-0.2, -0.15) is 5.10 Å². The van der Waals surface area contributed by atoms with Gasteiger partial charge < -0.3 is 21.1 Å². The standard InChI is InChI=1S/C10H19N5O2/c1-15-7-8(11)10(14-15)13-4-3-9(16)12-5-6-17-2/h7H,3-6,11H2,1-2H3,(H,12,16)(H,13,14). The van der Waals surface area contributed by atoms with Gasteiger partial charge >= 0.3 is 0 Å². The number of rotatable bonds is 7. The monoisotopic (exact) mass is 241 g/mol. The summed E-state index contributed by atoms with van der Waals surface area (Å²) in [5.74, 6) is 0.584. The van der Waals surface area contributed by atoms with Crippen LogP contribution in [-0.4, -0.2) is 42.5 Å². The van der Waals surface area contributed by atoms with Crippen molar-refractivity contribution in [3.8, 4) is 0 Å². The molecule has 17 heavy (non-hydrogen) atoms. The van der Waals surface area contributed by atoms with Crippen LogP contribution in [0.25, 0.3) is 0 Å². The largest absolute Gasteiger partial charge is 0.394 e. The summed E-state index contributed by atoms with van der Waals surface area (Å²) in [5.41, 5.74) is 6.27. The van der Waals surface area contributed by atoms with Crippen LogP contribution in [-0.2, 0) is 16.6 Å². The van der Waals surface area contributed by atoms with Crippen LogP contribution in [0.1, 0.15) is 6.42 Å². The molecular weight excluding hydrogens is 222 g/mol. The van der Waals surface area contributed by atoms with Gasteiger partial charge in [-0.15, -0.1) is 0 Å². The highest BCUT2D eigenvalue weighted by molar-refractivity contribution is 5.76. The van der Waals surface area contributed by atoms with E-state index in [-0.39, 0.29) is 5.91 Å². The first-order chi connectivity index (χ1) is 8.13. The molecule has 96 valence electrons. The second-order valence-corrected chi connectivity index (χ2v) is 3.63. The SMILES string of the molecule is COCCNC(=O)CCNc1nn(C)cc1N. The Labute approximate surface area is 100 Å². The van der Waals surface area contributed by atoms with E-state index in [1.165, 1.54) is 0 Å². The van der Waals surface area contributed by atoms with Gasteiger partial charge in [-0.05, 0) is 0 Å². The molecule has 0 aliphatic heterocycles. The average molecular weight is 241 g/mol. The Morgan fingerprint density at radius 1 is 1.59 bits per heavy atom. The number of hydrogen-bond acceptors (Lipinski definition) is 5. The first-order valence-corrected chi connectivity index (χ1v) is 5.42. The summed E-state index contributed by atoms with van der Waals surface area (Å²) in [6.45, 7) is 1.55. The topological polar surface area (TPSA) is 94.2 Å². The Kier molecular flexibility index (Phi) is 5.28. The molecular formula is C10H19N5O2. The van der Waals surface area contributed by atoms with E-state index in [9.17, 15) is 4.79 Å². The maximum atomic E-state index is 11.3. The van der Waals surface area contributed by atoms with Gasteiger partial charge in [-0.25, -0.2) is 0 Å². The number of anilines is 2. The van der Waals surface area contributed by atoms with E-state index in [1.54, 1.807) is 25.0 Å². The Hall–Kier alpha value is -1.76. The molecule has 1 heterocycles. The molecule has 1 aromatic rings. The number of nitrogens with one attached hydrogen (secondary N) is 2. The number of carbonyl (C=O) groups is 1. The number of carbonyl (C=O) groups excluding carboxylic acids is 1. The van der Waals surface area contributed by atoms with Gasteiger partial charge in [0, 0.05) is 39.9 Å². The number of aromatic nitrogens is 2. The van der Waals surface area contributed by atoms with Crippen LogP contribution in [0.2, 0.25) is 0 Å². The highest BCUT2D eigenvalue weighted by Gasteiger charge is 2.04. The quantitative estimate of drug-likeness (QED) is 0.563. The lowest BCUT2D eigenvalue weighted by Crippen LogP contribution is -2.28. The van der Waals surface area contributed by atoms with Crippen LogP contribution < -0.4 is 16.4 Å². The molecule has 0 aliphatic rings. The molecule has 0 radical (unpaired) electrons. The second kappa shape index (κ2) is 6.74. The van der Waals surface area contributed by atoms with E-state index in [0.29, 0.717) is 37.6 Å². The molecule has 0 atom stereocenters. The number of nitrogen functional groups attached to an aromatic ring is 1. The third-order valence-electron chi connectivity index (χ3n) is 2.13. The van der Waals surface area contributed by atoms with E-state index < -0.39 is 0 Å². The summed E-state index contributed by atoms with van der Waals surface area (Å²) < 4.78 is 6.45. The summed E-state index contributed by atoms with van der Waals surface area (Å²) in [6.07, 6.45) is 2.08. The lowest BCUT2D eigenvalue weighted by molar-refractivity contribution is -0.121. The molecule has 0 saturated carbocycles. The molecule has 7 heteroatoms. The number of aryl methyl sites for hydroxylation is 1. The van der Waals surface area contributed by atoms with Crippen molar-refractivity contribution in [2.45, 2.75) is 6.42 Å². The molecule has 1 aromatic heterocycles. The Morgan fingerprint density at radius 2 is 2.35 bits per heavy atom. The molecule has 0 bridgehead atoms. The van der Waals surface area contributed by atoms with Gasteiger partial charge in [0.15, 0.2) is 5.82 Å². The van der Waals surface area contributed by atoms with Crippen molar-refractivity contribution < 1.29 is 9.53 Å². The highest BCUT2D eigenvalue weighted by atomic mass is 16.5. The molecule has 7 nitrogen and oxygen atoms in total. The number of hydrogen-bond donors (Lipinski definition) is 3. The zero-order chi connectivity index (χ0) is 12.7. The maximum absolute atomic E-state index is 11.3. The van der Waals surface area contributed by atoms with Crippen molar-refractivity contribution in [2.24, 2.45) is 7.05 Å². The third kappa shape index (κ3) is 4.73. The van der Waals surface area contributed by atoms with Crippen molar-refractivity contribution in [2.75, 3.05) is 37.9 Å². The fourth-order valence-electron chi connectivity index (χ4n) is 1.32. The van der Waals surface area contributed by atoms with Gasteiger partial charge in [0.25, 0.3) is 0 Å². The zero-order valence-electron chi connectivity index (χ0n) is 10.2. The van der Waals surface area contributed by atoms with E-state index in [4.69, 9.17) is 10.5 Å². The number of methoxy groups -OCH3 is 1. The molecule has 4 N–H and O–H groups in total. The summed E-state index contributed by atoms with van der Waals surface area (Å²) in [4.78, 5) is 11.3. The summed E-state index contributed by atoms with van der Waals surface area (Å²) >= 11 is 0. The first kappa shape index (κ1) is 13.3. The maximum Gasteiger partial charge on any atom is 0.221 e. The second-order valence-electron chi connectivity index (χ2n) is 3.63. The van der Waals surface area contributed by atoms with Gasteiger partial charge in [0.2, 0.25) is 5.91 Å². The van der Waals surface area contributed by atoms with Crippen molar-refractivity contribution in [1.82, 2.24) is 15.1 Å². The molecule has 0 fully saturated rings. The number of nitrogens with zero attached hydrogens (tertiary/aromatic N) is 2. The Morgan fingerprint density at radius 3 is 2.94 bits per heavy atom. The minimum Gasteiger partial charge on any atom is -0.394 e. The first-order valence-electron chi connectivity index (χ1n) is 5.42. The van der Waals surface area contributed by atoms with E-state index in [1.807, 2.05) is 0 Å². The van der Waals surface area contributed by atoms with Crippen LogP contribution in [0.15, 0.2) is 6.20 Å². The van der Waals surface area contributed by atoms with Crippen molar-refractivity contribution in [3.63, 3.8) is 0 Å². The molecule has 0 unspecified atom stereocenters. The summed E-state index contributed by atoms with van der Waals surface area (Å²) in [5, 5.41) is 9.85. The summed E-state index contributed by atoms with van der Waals surface area (Å²) in [6, 6.07) is 0. The predicted molar refractivity (Wildman–Crippen MR) is 65.6 cm³/mol. The van der Waals surface area contributed by atoms with Gasteiger partial charge in [-0.1, -0.05) is 0 Å². The highest BCUT2D eigenvalue weighted by Crippen LogP contribution is 2.13. The summed E-state index contributed by atoms with van der Waals surface area (Å²) in [7, 11) is 3.39. The van der Waals surface area contributed by atoms with E-state index >= 15 is 0 Å². The number of amides is 1. The molecule has 1 amide bonds. The van der Waals surface area contributed by atoms with Gasteiger partial charge in [0.1, 0.15) is 0 Å². The number of nitrogens with two attached hydrogens (primary N) is 1. The minimum atomic E-state index is -0.0240. The molecule has 1 rings (SSSR count). The predicted octanol–water partition coefficient (Wildman–Crippen LogP) is -0.433. The normalized spacial score (nSPS) is 10.2. The average Bonchev–Trinajstić information content (AvgIpc) is 2.58. The smallest absolute Gasteiger partial charge is 0.221 e. The lowest BCUT2D eigenvalue weighted by atomic mass is 10.4. The third-order valence-corrected chi connectivity index (χ3v) is 2.13. The Balaban J connectivity index is 2.19. The van der Waals surface area contributed by atoms with Crippen LogP contribution in [0.4, 0.5) is 11.5 Å². The fourth-order valence-corrected chi connectivity index (χ4v) is 1.32. The van der Waals surface area contributed by atoms with Gasteiger partial charge in [0.05, 0.1) is 12.3 Å². The van der Waals surface area contributed by atoms with Crippen LogP contribution >= 0.6 is 0 Å². The van der Waals surface area contributed by atoms with Gasteiger partial charge in [-0.3, -0.25) is 9.48 Å². The van der Waals surface area contributed by atoms with E-state index in [2.05, 4.69) is 15.7 Å². The van der Waals surface area contributed by atoms with Crippen LogP contribution in [0.5, 0.6) is 0 Å². The molecule has 0 aromatic carbocycles. The Bertz CT molecular complexity index is 364. The van der Waals surface area contributed by atoms with Crippen LogP contribution in [0.3, 0.4) is 0 Å².